The maximum atomic E-state index is 12.0. The molecule has 0 aliphatic carbocycles. The monoisotopic (exact) mass is 396 g/mol. The quantitative estimate of drug-likeness (QED) is 0.469. The first-order chi connectivity index (χ1) is 13.5. The molecule has 3 aromatic rings. The molecule has 8 nitrogen and oxygen atoms in total. The number of carbonyl (C=O) groups excluding carboxylic acids is 2. The van der Waals surface area contributed by atoms with Crippen molar-refractivity contribution in [2.45, 2.75) is 6.42 Å². The van der Waals surface area contributed by atoms with Gasteiger partial charge < -0.3 is 10.6 Å². The van der Waals surface area contributed by atoms with Gasteiger partial charge in [-0.25, -0.2) is 4.98 Å². The molecule has 28 heavy (non-hydrogen) atoms. The second-order valence-electron chi connectivity index (χ2n) is 5.76. The third-order valence-corrected chi connectivity index (χ3v) is 4.56. The first-order valence-electron chi connectivity index (χ1n) is 8.36. The van der Waals surface area contributed by atoms with Crippen molar-refractivity contribution in [1.29, 1.82) is 0 Å². The molecule has 0 radical (unpaired) electrons. The third kappa shape index (κ3) is 4.98. The minimum absolute atomic E-state index is 0.0823. The number of nitrogens with zero attached hydrogens (tertiary/aromatic N) is 2. The van der Waals surface area contributed by atoms with E-state index in [2.05, 4.69) is 15.6 Å². The molecule has 9 heteroatoms. The molecule has 0 bridgehead atoms. The lowest BCUT2D eigenvalue weighted by atomic mass is 10.2. The van der Waals surface area contributed by atoms with Gasteiger partial charge in [-0.05, 0) is 12.1 Å². The van der Waals surface area contributed by atoms with Crippen molar-refractivity contribution in [3.8, 4) is 11.3 Å². The number of aromatic nitrogens is 1. The highest BCUT2D eigenvalue weighted by Crippen LogP contribution is 2.24. The lowest BCUT2D eigenvalue weighted by Gasteiger charge is -2.05. The summed E-state index contributed by atoms with van der Waals surface area (Å²) in [6, 6.07) is 14.9. The Labute approximate surface area is 164 Å². The molecule has 0 saturated heterocycles. The Hall–Kier alpha value is -3.59. The van der Waals surface area contributed by atoms with E-state index in [0.29, 0.717) is 10.7 Å². The van der Waals surface area contributed by atoms with Crippen LogP contribution in [0.4, 0.5) is 10.8 Å². The van der Waals surface area contributed by atoms with Crippen LogP contribution in [0.1, 0.15) is 16.8 Å². The SMILES string of the molecule is O=C(CCNC(=O)c1ccc([N+](=O)[O-])cc1)Nc1nc(-c2ccccc2)cs1. The average Bonchev–Trinajstić information content (AvgIpc) is 3.17. The summed E-state index contributed by atoms with van der Waals surface area (Å²) in [6.45, 7) is 0.137. The van der Waals surface area contributed by atoms with Gasteiger partial charge in [-0.3, -0.25) is 19.7 Å². The topological polar surface area (TPSA) is 114 Å². The van der Waals surface area contributed by atoms with Crippen LogP contribution in [0.15, 0.2) is 60.0 Å². The van der Waals surface area contributed by atoms with Crippen molar-refractivity contribution < 1.29 is 14.5 Å². The first-order valence-corrected chi connectivity index (χ1v) is 9.24. The van der Waals surface area contributed by atoms with Crippen LogP contribution in [0.2, 0.25) is 0 Å². The molecule has 0 aliphatic heterocycles. The Kier molecular flexibility index (Phi) is 6.07. The predicted octanol–water partition coefficient (Wildman–Crippen LogP) is 3.48. The van der Waals surface area contributed by atoms with Gasteiger partial charge in [-0.15, -0.1) is 11.3 Å². The van der Waals surface area contributed by atoms with Crippen LogP contribution in [-0.2, 0) is 4.79 Å². The molecule has 2 amide bonds. The summed E-state index contributed by atoms with van der Waals surface area (Å²) >= 11 is 1.33. The van der Waals surface area contributed by atoms with Crippen molar-refractivity contribution in [2.75, 3.05) is 11.9 Å². The third-order valence-electron chi connectivity index (χ3n) is 3.80. The highest BCUT2D eigenvalue weighted by atomic mass is 32.1. The van der Waals surface area contributed by atoms with Gasteiger partial charge in [0.2, 0.25) is 5.91 Å². The number of nitrogens with one attached hydrogen (secondary N) is 2. The number of benzene rings is 2. The van der Waals surface area contributed by atoms with E-state index < -0.39 is 10.8 Å². The molecule has 3 rings (SSSR count). The second-order valence-corrected chi connectivity index (χ2v) is 6.62. The van der Waals surface area contributed by atoms with Gasteiger partial charge in [-0.1, -0.05) is 30.3 Å². The minimum Gasteiger partial charge on any atom is -0.352 e. The Morgan fingerprint density at radius 1 is 1.07 bits per heavy atom. The summed E-state index contributed by atoms with van der Waals surface area (Å²) in [4.78, 5) is 38.5. The van der Waals surface area contributed by atoms with E-state index in [1.165, 1.54) is 35.6 Å². The summed E-state index contributed by atoms with van der Waals surface area (Å²) < 4.78 is 0. The average molecular weight is 396 g/mol. The highest BCUT2D eigenvalue weighted by molar-refractivity contribution is 7.14. The molecule has 142 valence electrons. The smallest absolute Gasteiger partial charge is 0.269 e. The predicted molar refractivity (Wildman–Crippen MR) is 106 cm³/mol. The highest BCUT2D eigenvalue weighted by Gasteiger charge is 2.11. The molecule has 1 aromatic heterocycles. The van der Waals surface area contributed by atoms with Crippen LogP contribution in [-0.4, -0.2) is 28.3 Å². The van der Waals surface area contributed by atoms with Crippen molar-refractivity contribution in [1.82, 2.24) is 10.3 Å². The normalized spacial score (nSPS) is 10.3. The zero-order valence-corrected chi connectivity index (χ0v) is 15.4. The Morgan fingerprint density at radius 3 is 2.46 bits per heavy atom. The number of nitro benzene ring substituents is 1. The van der Waals surface area contributed by atoms with Crippen molar-refractivity contribution in [2.24, 2.45) is 0 Å². The largest absolute Gasteiger partial charge is 0.352 e. The molecule has 0 atom stereocenters. The zero-order chi connectivity index (χ0) is 19.9. The summed E-state index contributed by atoms with van der Waals surface area (Å²) in [5.74, 6) is -0.665. The molecule has 0 aliphatic rings. The van der Waals surface area contributed by atoms with Crippen LogP contribution >= 0.6 is 11.3 Å². The summed E-state index contributed by atoms with van der Waals surface area (Å²) in [7, 11) is 0. The summed E-state index contributed by atoms with van der Waals surface area (Å²) in [5.41, 5.74) is 1.95. The molecule has 2 N–H and O–H groups in total. The minimum atomic E-state index is -0.534. The molecular weight excluding hydrogens is 380 g/mol. The van der Waals surface area contributed by atoms with E-state index in [0.717, 1.165) is 11.3 Å². The molecule has 2 aromatic carbocycles. The van der Waals surface area contributed by atoms with Crippen LogP contribution in [0.5, 0.6) is 0 Å². The zero-order valence-electron chi connectivity index (χ0n) is 14.6. The van der Waals surface area contributed by atoms with Gasteiger partial charge in [0, 0.05) is 41.6 Å². The number of thiazole rings is 1. The van der Waals surface area contributed by atoms with Gasteiger partial charge >= 0.3 is 0 Å². The van der Waals surface area contributed by atoms with E-state index in [-0.39, 0.29) is 24.6 Å². The molecule has 1 heterocycles. The maximum Gasteiger partial charge on any atom is 0.269 e. The molecule has 0 unspecified atom stereocenters. The van der Waals surface area contributed by atoms with Crippen LogP contribution < -0.4 is 10.6 Å². The molecule has 0 spiro atoms. The number of hydrogen-bond donors (Lipinski definition) is 2. The number of carbonyl (C=O) groups is 2. The Bertz CT molecular complexity index is 987. The maximum absolute atomic E-state index is 12.0. The van der Waals surface area contributed by atoms with E-state index in [1.54, 1.807) is 0 Å². The van der Waals surface area contributed by atoms with Crippen LogP contribution in [0.3, 0.4) is 0 Å². The van der Waals surface area contributed by atoms with Crippen molar-refractivity contribution in [3.05, 3.63) is 75.7 Å². The van der Waals surface area contributed by atoms with Crippen molar-refractivity contribution in [3.63, 3.8) is 0 Å². The molecule has 0 fully saturated rings. The van der Waals surface area contributed by atoms with E-state index in [9.17, 15) is 19.7 Å². The standard InChI is InChI=1S/C19H16N4O4S/c24-17(22-19-21-16(12-28-19)13-4-2-1-3-5-13)10-11-20-18(25)14-6-8-15(9-7-14)23(26)27/h1-9,12H,10-11H2,(H,20,25)(H,21,22,24). The second kappa shape index (κ2) is 8.87. The van der Waals surface area contributed by atoms with Crippen molar-refractivity contribution >= 4 is 34.0 Å². The lowest BCUT2D eigenvalue weighted by molar-refractivity contribution is -0.384. The van der Waals surface area contributed by atoms with E-state index in [1.807, 2.05) is 35.7 Å². The summed E-state index contributed by atoms with van der Waals surface area (Å²) in [5, 5.41) is 18.3. The fourth-order valence-corrected chi connectivity index (χ4v) is 3.12. The number of nitro groups is 1. The number of hydrogen-bond acceptors (Lipinski definition) is 6. The van der Waals surface area contributed by atoms with E-state index in [4.69, 9.17) is 0 Å². The Morgan fingerprint density at radius 2 is 1.79 bits per heavy atom. The van der Waals surface area contributed by atoms with Gasteiger partial charge in [0.25, 0.3) is 11.6 Å². The lowest BCUT2D eigenvalue weighted by Crippen LogP contribution is -2.27. The number of non-ortho nitro benzene ring substituents is 1. The fourth-order valence-electron chi connectivity index (χ4n) is 2.38. The molecule has 0 saturated carbocycles. The van der Waals surface area contributed by atoms with Crippen LogP contribution in [0.25, 0.3) is 11.3 Å². The summed E-state index contributed by atoms with van der Waals surface area (Å²) in [6.07, 6.45) is 0.0823. The van der Waals surface area contributed by atoms with Crippen LogP contribution in [0, 0.1) is 10.1 Å². The van der Waals surface area contributed by atoms with Gasteiger partial charge in [0.05, 0.1) is 10.6 Å². The number of rotatable bonds is 7. The number of amides is 2. The fraction of sp³-hybridized carbons (Fsp3) is 0.105. The Balaban J connectivity index is 1.46. The van der Waals surface area contributed by atoms with Gasteiger partial charge in [-0.2, -0.15) is 0 Å². The first kappa shape index (κ1) is 19.2. The molecular formula is C19H16N4O4S. The van der Waals surface area contributed by atoms with Gasteiger partial charge in [0.15, 0.2) is 5.13 Å². The number of anilines is 1. The van der Waals surface area contributed by atoms with E-state index >= 15 is 0 Å². The van der Waals surface area contributed by atoms with Gasteiger partial charge in [0.1, 0.15) is 0 Å².